The topological polar surface area (TPSA) is 54.0 Å². The summed E-state index contributed by atoms with van der Waals surface area (Å²) in [5.41, 5.74) is 0.977. The average Bonchev–Trinajstić information content (AvgIpc) is 2.51. The second-order valence-electron chi connectivity index (χ2n) is 4.27. The summed E-state index contributed by atoms with van der Waals surface area (Å²) in [6.07, 6.45) is 1.58. The second-order valence-corrected chi connectivity index (χ2v) is 4.27. The molecule has 0 heterocycles. The summed E-state index contributed by atoms with van der Waals surface area (Å²) >= 11 is 0. The number of carbonyl (C=O) groups is 1. The molecule has 21 heavy (non-hydrogen) atoms. The van der Waals surface area contributed by atoms with Crippen LogP contribution in [0.2, 0.25) is 0 Å². The van der Waals surface area contributed by atoms with Gasteiger partial charge in [-0.25, -0.2) is 4.79 Å². The van der Waals surface area contributed by atoms with Crippen LogP contribution in [0.3, 0.4) is 0 Å². The number of rotatable bonds is 8. The zero-order chi connectivity index (χ0) is 15.7. The minimum Gasteiger partial charge on any atom is -0.501 e. The highest BCUT2D eigenvalue weighted by Crippen LogP contribution is 2.26. The lowest BCUT2D eigenvalue weighted by Gasteiger charge is -2.17. The highest BCUT2D eigenvalue weighted by atomic mass is 16.5. The monoisotopic (exact) mass is 294 g/mol. The van der Waals surface area contributed by atoms with Crippen molar-refractivity contribution in [1.29, 1.82) is 0 Å². The van der Waals surface area contributed by atoms with E-state index in [-0.39, 0.29) is 6.10 Å². The van der Waals surface area contributed by atoms with E-state index < -0.39 is 5.97 Å². The lowest BCUT2D eigenvalue weighted by molar-refractivity contribution is -0.137. The van der Waals surface area contributed by atoms with Crippen LogP contribution in [-0.2, 0) is 19.0 Å². The number of carbonyl (C=O) groups excluding carboxylic acids is 1. The minimum atomic E-state index is -0.418. The van der Waals surface area contributed by atoms with E-state index >= 15 is 0 Å². The van der Waals surface area contributed by atoms with E-state index in [1.165, 1.54) is 13.2 Å². The quantitative estimate of drug-likeness (QED) is 0.419. The van der Waals surface area contributed by atoms with Gasteiger partial charge in [0.25, 0.3) is 0 Å². The maximum absolute atomic E-state index is 11.5. The van der Waals surface area contributed by atoms with Gasteiger partial charge in [-0.15, -0.1) is 0 Å². The Morgan fingerprint density at radius 3 is 2.33 bits per heavy atom. The number of ether oxygens (including phenoxy) is 4. The molecule has 0 saturated carbocycles. The zero-order valence-electron chi connectivity index (χ0n) is 12.9. The maximum Gasteiger partial charge on any atom is 0.334 e. The lowest BCUT2D eigenvalue weighted by atomic mass is 10.0. The first kappa shape index (κ1) is 17.0. The summed E-state index contributed by atoms with van der Waals surface area (Å²) < 4.78 is 20.7. The Morgan fingerprint density at radius 2 is 1.86 bits per heavy atom. The van der Waals surface area contributed by atoms with Crippen LogP contribution in [0, 0.1) is 0 Å². The van der Waals surface area contributed by atoms with Crippen molar-refractivity contribution in [1.82, 2.24) is 0 Å². The number of esters is 1. The molecule has 1 aromatic rings. The molecule has 5 heteroatoms. The van der Waals surface area contributed by atoms with Crippen molar-refractivity contribution < 1.29 is 23.7 Å². The summed E-state index contributed by atoms with van der Waals surface area (Å²) in [4.78, 5) is 11.5. The molecule has 0 N–H and O–H groups in total. The van der Waals surface area contributed by atoms with E-state index in [2.05, 4.69) is 0 Å². The summed E-state index contributed by atoms with van der Waals surface area (Å²) in [6, 6.07) is 7.57. The molecule has 0 aliphatic rings. The molecular formula is C16H22O5. The molecule has 0 spiro atoms. The summed E-state index contributed by atoms with van der Waals surface area (Å²) in [5, 5.41) is 0. The van der Waals surface area contributed by atoms with Crippen LogP contribution in [0.15, 0.2) is 36.1 Å². The average molecular weight is 294 g/mol. The van der Waals surface area contributed by atoms with Crippen LogP contribution >= 0.6 is 0 Å². The molecule has 0 radical (unpaired) electrons. The molecule has 0 aliphatic carbocycles. The normalized spacial score (nSPS) is 12.7. The van der Waals surface area contributed by atoms with E-state index in [1.54, 1.807) is 21.1 Å². The van der Waals surface area contributed by atoms with Crippen molar-refractivity contribution in [3.8, 4) is 5.75 Å². The van der Waals surface area contributed by atoms with E-state index in [9.17, 15) is 4.79 Å². The number of methoxy groups -OCH3 is 3. The largest absolute Gasteiger partial charge is 0.501 e. The van der Waals surface area contributed by atoms with Gasteiger partial charge in [-0.2, -0.15) is 0 Å². The molecule has 0 amide bonds. The Labute approximate surface area is 125 Å². The fraction of sp³-hybridized carbons (Fsp3) is 0.438. The Morgan fingerprint density at radius 1 is 1.19 bits per heavy atom. The van der Waals surface area contributed by atoms with Crippen LogP contribution in [0.25, 0.3) is 0 Å². The van der Waals surface area contributed by atoms with E-state index in [0.717, 1.165) is 11.3 Å². The highest BCUT2D eigenvalue weighted by Gasteiger charge is 2.15. The van der Waals surface area contributed by atoms with Crippen LogP contribution in [0.1, 0.15) is 25.0 Å². The molecule has 1 rings (SSSR count). The Hall–Kier alpha value is -2.01. The maximum atomic E-state index is 11.5. The fourth-order valence-electron chi connectivity index (χ4n) is 1.86. The summed E-state index contributed by atoms with van der Waals surface area (Å²) in [6.45, 7) is 2.09. The molecule has 5 nitrogen and oxygen atoms in total. The second kappa shape index (κ2) is 9.02. The van der Waals surface area contributed by atoms with Crippen molar-refractivity contribution >= 4 is 5.97 Å². The number of hydrogen-bond donors (Lipinski definition) is 0. The Bertz CT molecular complexity index is 464. The van der Waals surface area contributed by atoms with Gasteiger partial charge in [0, 0.05) is 13.5 Å². The third-order valence-corrected chi connectivity index (χ3v) is 2.99. The number of hydrogen-bond acceptors (Lipinski definition) is 5. The van der Waals surface area contributed by atoms with Crippen molar-refractivity contribution in [3.63, 3.8) is 0 Å². The number of benzene rings is 1. The minimum absolute atomic E-state index is 0.212. The summed E-state index contributed by atoms with van der Waals surface area (Å²) in [5.74, 6) is 0.873. The third kappa shape index (κ3) is 5.47. The molecule has 1 aromatic carbocycles. The smallest absolute Gasteiger partial charge is 0.334 e. The van der Waals surface area contributed by atoms with Gasteiger partial charge in [-0.1, -0.05) is 12.1 Å². The SMILES string of the molecule is CCOC(=O)/C=C(/CC(OC)c1ccc(OC)cc1)OC. The van der Waals surface area contributed by atoms with Gasteiger partial charge < -0.3 is 18.9 Å². The predicted molar refractivity (Wildman–Crippen MR) is 79.1 cm³/mol. The first-order valence-corrected chi connectivity index (χ1v) is 6.72. The van der Waals surface area contributed by atoms with Crippen LogP contribution in [-0.4, -0.2) is 33.9 Å². The standard InChI is InChI=1S/C16H22O5/c1-5-21-16(17)11-14(19-3)10-15(20-4)12-6-8-13(18-2)9-7-12/h6-9,11,15H,5,10H2,1-4H3/b14-11-. The van der Waals surface area contributed by atoms with E-state index in [1.807, 2.05) is 24.3 Å². The van der Waals surface area contributed by atoms with Crippen molar-refractivity contribution in [2.75, 3.05) is 27.9 Å². The van der Waals surface area contributed by atoms with Crippen molar-refractivity contribution in [2.24, 2.45) is 0 Å². The molecule has 0 aliphatic heterocycles. The van der Waals surface area contributed by atoms with Crippen molar-refractivity contribution in [3.05, 3.63) is 41.7 Å². The Kier molecular flexibility index (Phi) is 7.32. The third-order valence-electron chi connectivity index (χ3n) is 2.99. The van der Waals surface area contributed by atoms with Gasteiger partial charge in [0.15, 0.2) is 0 Å². The Balaban J connectivity index is 2.80. The molecule has 1 unspecified atom stereocenters. The molecule has 116 valence electrons. The summed E-state index contributed by atoms with van der Waals surface area (Å²) in [7, 11) is 4.76. The van der Waals surface area contributed by atoms with Crippen LogP contribution < -0.4 is 4.74 Å². The van der Waals surface area contributed by atoms with Gasteiger partial charge in [0.2, 0.25) is 0 Å². The molecule has 0 saturated heterocycles. The highest BCUT2D eigenvalue weighted by molar-refractivity contribution is 5.82. The first-order chi connectivity index (χ1) is 10.1. The van der Waals surface area contributed by atoms with Gasteiger partial charge in [-0.3, -0.25) is 0 Å². The van der Waals surface area contributed by atoms with Crippen LogP contribution in [0.5, 0.6) is 5.75 Å². The lowest BCUT2D eigenvalue weighted by Crippen LogP contribution is -2.07. The van der Waals surface area contributed by atoms with Crippen LogP contribution in [0.4, 0.5) is 0 Å². The van der Waals surface area contributed by atoms with E-state index in [0.29, 0.717) is 18.8 Å². The molecule has 0 aromatic heterocycles. The van der Waals surface area contributed by atoms with Gasteiger partial charge in [-0.05, 0) is 24.6 Å². The predicted octanol–water partition coefficient (Wildman–Crippen LogP) is 2.87. The fourth-order valence-corrected chi connectivity index (χ4v) is 1.86. The molecule has 0 fully saturated rings. The zero-order valence-corrected chi connectivity index (χ0v) is 12.9. The van der Waals surface area contributed by atoms with Gasteiger partial charge >= 0.3 is 5.97 Å². The van der Waals surface area contributed by atoms with Gasteiger partial charge in [0.05, 0.1) is 33.0 Å². The van der Waals surface area contributed by atoms with Gasteiger partial charge in [0.1, 0.15) is 11.5 Å². The molecule has 0 bridgehead atoms. The molecular weight excluding hydrogens is 272 g/mol. The van der Waals surface area contributed by atoms with Crippen molar-refractivity contribution in [2.45, 2.75) is 19.4 Å². The first-order valence-electron chi connectivity index (χ1n) is 6.72. The van der Waals surface area contributed by atoms with E-state index in [4.69, 9.17) is 18.9 Å². The molecule has 1 atom stereocenters.